The lowest BCUT2D eigenvalue weighted by Gasteiger charge is -2.43. The third kappa shape index (κ3) is 4.29. The molecular formula is C28H37N3O2. The SMILES string of the molecule is COc1ccc(C)c2[nH]c(CCCN(C)CC[C@@]3(O)C[C@H]4CCC[C@@H]3c3ccccc34)nc12. The summed E-state index contributed by atoms with van der Waals surface area (Å²) in [6.45, 7) is 4.02. The van der Waals surface area contributed by atoms with Crippen LogP contribution in [0.2, 0.25) is 0 Å². The Labute approximate surface area is 197 Å². The van der Waals surface area contributed by atoms with E-state index >= 15 is 0 Å². The van der Waals surface area contributed by atoms with Crippen LogP contribution in [0.15, 0.2) is 36.4 Å². The van der Waals surface area contributed by atoms with Crippen molar-refractivity contribution in [3.05, 3.63) is 58.9 Å². The summed E-state index contributed by atoms with van der Waals surface area (Å²) in [4.78, 5) is 10.6. The zero-order chi connectivity index (χ0) is 23.0. The Morgan fingerprint density at radius 1 is 1.15 bits per heavy atom. The molecule has 1 saturated carbocycles. The van der Waals surface area contributed by atoms with Crippen molar-refractivity contribution in [2.24, 2.45) is 0 Å². The van der Waals surface area contributed by atoms with Crippen molar-refractivity contribution >= 4 is 11.0 Å². The molecule has 1 heterocycles. The van der Waals surface area contributed by atoms with Gasteiger partial charge in [-0.15, -0.1) is 0 Å². The highest BCUT2D eigenvalue weighted by Gasteiger charge is 2.46. The molecule has 0 unspecified atom stereocenters. The molecule has 0 aliphatic heterocycles. The molecule has 2 aromatic carbocycles. The first-order valence-electron chi connectivity index (χ1n) is 12.5. The molecule has 3 aliphatic rings. The van der Waals surface area contributed by atoms with Crippen molar-refractivity contribution in [3.8, 4) is 5.75 Å². The molecule has 0 spiro atoms. The predicted octanol–water partition coefficient (Wildman–Crippen LogP) is 5.32. The highest BCUT2D eigenvalue weighted by molar-refractivity contribution is 5.84. The number of hydrogen-bond acceptors (Lipinski definition) is 4. The standard InChI is InChI=1S/C28H37N3O2/c1-19-13-14-24(33-3)27-26(19)29-25(30-27)12-7-16-31(2)17-15-28(32)18-20-8-6-11-23(28)22-10-5-4-9-21(20)22/h4-5,9-10,13-14,20,23,32H,6-8,11-12,15-18H2,1-3H3,(H,29,30)/t20-,23-,28-/m1/s1. The van der Waals surface area contributed by atoms with Gasteiger partial charge in [0.1, 0.15) is 17.1 Å². The molecule has 3 aromatic rings. The number of nitrogens with one attached hydrogen (secondary N) is 1. The zero-order valence-corrected chi connectivity index (χ0v) is 20.2. The summed E-state index contributed by atoms with van der Waals surface area (Å²) >= 11 is 0. The first-order chi connectivity index (χ1) is 16.0. The van der Waals surface area contributed by atoms with Gasteiger partial charge in [-0.25, -0.2) is 4.98 Å². The number of fused-ring (bicyclic) bond motifs is 4. The zero-order valence-electron chi connectivity index (χ0n) is 20.2. The van der Waals surface area contributed by atoms with E-state index in [0.717, 1.165) is 67.8 Å². The van der Waals surface area contributed by atoms with Gasteiger partial charge in [0.25, 0.3) is 0 Å². The van der Waals surface area contributed by atoms with Gasteiger partial charge in [0.05, 0.1) is 18.2 Å². The van der Waals surface area contributed by atoms with Crippen LogP contribution < -0.4 is 4.74 Å². The number of aromatic amines is 1. The number of benzene rings is 2. The van der Waals surface area contributed by atoms with Crippen molar-refractivity contribution < 1.29 is 9.84 Å². The summed E-state index contributed by atoms with van der Waals surface area (Å²) in [5.74, 6) is 2.64. The van der Waals surface area contributed by atoms with E-state index in [1.54, 1.807) is 7.11 Å². The normalized spacial score (nSPS) is 24.3. The number of rotatable bonds is 8. The van der Waals surface area contributed by atoms with Gasteiger partial charge in [0.15, 0.2) is 0 Å². The first kappa shape index (κ1) is 22.4. The van der Waals surface area contributed by atoms with Crippen molar-refractivity contribution in [1.82, 2.24) is 14.9 Å². The van der Waals surface area contributed by atoms with Gasteiger partial charge < -0.3 is 19.7 Å². The fraction of sp³-hybridized carbons (Fsp3) is 0.536. The minimum Gasteiger partial charge on any atom is -0.494 e. The van der Waals surface area contributed by atoms with Gasteiger partial charge in [-0.2, -0.15) is 0 Å². The topological polar surface area (TPSA) is 61.4 Å². The number of H-pyrrole nitrogens is 1. The molecular weight excluding hydrogens is 410 g/mol. The summed E-state index contributed by atoms with van der Waals surface area (Å²) in [6.07, 6.45) is 7.26. The number of ether oxygens (including phenoxy) is 1. The van der Waals surface area contributed by atoms with E-state index in [0.29, 0.717) is 5.92 Å². The predicted molar refractivity (Wildman–Crippen MR) is 133 cm³/mol. The van der Waals surface area contributed by atoms with Gasteiger partial charge in [-0.3, -0.25) is 0 Å². The summed E-state index contributed by atoms with van der Waals surface area (Å²) in [6, 6.07) is 12.9. The highest BCUT2D eigenvalue weighted by atomic mass is 16.5. The minimum absolute atomic E-state index is 0.287. The second kappa shape index (κ2) is 9.11. The Hall–Kier alpha value is -2.37. The number of imidazole rings is 1. The summed E-state index contributed by atoms with van der Waals surface area (Å²) < 4.78 is 5.47. The molecule has 1 aromatic heterocycles. The number of aliphatic hydroxyl groups is 1. The second-order valence-electron chi connectivity index (χ2n) is 10.3. The van der Waals surface area contributed by atoms with Gasteiger partial charge in [-0.1, -0.05) is 36.8 Å². The Kier molecular flexibility index (Phi) is 6.19. The van der Waals surface area contributed by atoms with Crippen LogP contribution in [0.1, 0.15) is 72.9 Å². The lowest BCUT2D eigenvalue weighted by molar-refractivity contribution is -0.0194. The van der Waals surface area contributed by atoms with E-state index in [4.69, 9.17) is 9.72 Å². The average molecular weight is 448 g/mol. The van der Waals surface area contributed by atoms with E-state index in [2.05, 4.69) is 54.2 Å². The average Bonchev–Trinajstić information content (AvgIpc) is 3.07. The lowest BCUT2D eigenvalue weighted by atomic mass is 9.67. The Morgan fingerprint density at radius 2 is 1.97 bits per heavy atom. The minimum atomic E-state index is -0.573. The summed E-state index contributed by atoms with van der Waals surface area (Å²) in [5.41, 5.74) is 5.52. The van der Waals surface area contributed by atoms with Crippen molar-refractivity contribution in [1.29, 1.82) is 0 Å². The van der Waals surface area contributed by atoms with Crippen LogP contribution in [0.4, 0.5) is 0 Å². The van der Waals surface area contributed by atoms with Crippen molar-refractivity contribution in [2.45, 2.75) is 69.3 Å². The first-order valence-corrected chi connectivity index (χ1v) is 12.5. The van der Waals surface area contributed by atoms with E-state index in [-0.39, 0.29) is 5.92 Å². The molecule has 0 radical (unpaired) electrons. The van der Waals surface area contributed by atoms with Crippen molar-refractivity contribution in [3.63, 3.8) is 0 Å². The third-order valence-electron chi connectivity index (χ3n) is 8.07. The van der Waals surface area contributed by atoms with Crippen molar-refractivity contribution in [2.75, 3.05) is 27.2 Å². The van der Waals surface area contributed by atoms with E-state index < -0.39 is 5.60 Å². The maximum atomic E-state index is 11.7. The van der Waals surface area contributed by atoms with Gasteiger partial charge in [0.2, 0.25) is 0 Å². The van der Waals surface area contributed by atoms with Crippen LogP contribution in [0.25, 0.3) is 11.0 Å². The van der Waals surface area contributed by atoms with Crippen LogP contribution in [-0.2, 0) is 6.42 Å². The molecule has 1 fully saturated rings. The monoisotopic (exact) mass is 447 g/mol. The summed E-state index contributed by atoms with van der Waals surface area (Å²) in [5, 5.41) is 11.7. The molecule has 0 amide bonds. The Balaban J connectivity index is 1.18. The number of aromatic nitrogens is 2. The molecule has 5 nitrogen and oxygen atoms in total. The molecule has 2 bridgehead atoms. The fourth-order valence-electron chi connectivity index (χ4n) is 6.24. The largest absolute Gasteiger partial charge is 0.494 e. The number of hydrogen-bond donors (Lipinski definition) is 2. The molecule has 2 N–H and O–H groups in total. The van der Waals surface area contributed by atoms with E-state index in [1.807, 2.05) is 6.07 Å². The molecule has 6 rings (SSSR count). The number of aryl methyl sites for hydroxylation is 2. The Bertz CT molecular complexity index is 1120. The maximum absolute atomic E-state index is 11.7. The fourth-order valence-corrected chi connectivity index (χ4v) is 6.24. The van der Waals surface area contributed by atoms with Gasteiger partial charge in [-0.05, 0) is 81.3 Å². The van der Waals surface area contributed by atoms with Crippen LogP contribution in [0.5, 0.6) is 5.75 Å². The molecule has 0 saturated heterocycles. The Morgan fingerprint density at radius 3 is 2.79 bits per heavy atom. The molecule has 3 aliphatic carbocycles. The van der Waals surface area contributed by atoms with Crippen LogP contribution in [0.3, 0.4) is 0 Å². The number of nitrogens with zero attached hydrogens (tertiary/aromatic N) is 2. The van der Waals surface area contributed by atoms with E-state index in [1.165, 1.54) is 29.5 Å². The lowest BCUT2D eigenvalue weighted by Crippen LogP contribution is -2.43. The van der Waals surface area contributed by atoms with E-state index in [9.17, 15) is 5.11 Å². The quantitative estimate of drug-likeness (QED) is 0.491. The molecule has 33 heavy (non-hydrogen) atoms. The molecule has 5 heteroatoms. The second-order valence-corrected chi connectivity index (χ2v) is 10.3. The molecule has 3 atom stereocenters. The smallest absolute Gasteiger partial charge is 0.146 e. The van der Waals surface area contributed by atoms with Crippen LogP contribution in [0, 0.1) is 6.92 Å². The summed E-state index contributed by atoms with van der Waals surface area (Å²) in [7, 11) is 3.87. The molecule has 176 valence electrons. The van der Waals surface area contributed by atoms with Crippen LogP contribution in [-0.4, -0.2) is 52.8 Å². The number of methoxy groups -OCH3 is 1. The van der Waals surface area contributed by atoms with Crippen LogP contribution >= 0.6 is 0 Å². The highest BCUT2D eigenvalue weighted by Crippen LogP contribution is 2.53. The van der Waals surface area contributed by atoms with Gasteiger partial charge >= 0.3 is 0 Å². The van der Waals surface area contributed by atoms with Gasteiger partial charge in [0, 0.05) is 18.9 Å². The third-order valence-corrected chi connectivity index (χ3v) is 8.07. The maximum Gasteiger partial charge on any atom is 0.146 e.